The molecule has 6 nitrogen and oxygen atoms in total. The minimum Gasteiger partial charge on any atom is -0.476 e. The van der Waals surface area contributed by atoms with Crippen molar-refractivity contribution in [3.05, 3.63) is 41.7 Å². The topological polar surface area (TPSA) is 74.9 Å². The van der Waals surface area contributed by atoms with Crippen LogP contribution in [0, 0.1) is 17.2 Å². The summed E-state index contributed by atoms with van der Waals surface area (Å²) in [5.41, 5.74) is 1.75. The molecule has 0 radical (unpaired) electrons. The van der Waals surface area contributed by atoms with Gasteiger partial charge in [0.2, 0.25) is 5.88 Å². The van der Waals surface area contributed by atoms with E-state index >= 15 is 0 Å². The van der Waals surface area contributed by atoms with E-state index in [1.54, 1.807) is 12.3 Å². The Morgan fingerprint density at radius 1 is 1.12 bits per heavy atom. The molecule has 4 rings (SSSR count). The summed E-state index contributed by atoms with van der Waals surface area (Å²) in [7, 11) is 0. The summed E-state index contributed by atoms with van der Waals surface area (Å²) < 4.78 is 5.83. The predicted molar refractivity (Wildman–Crippen MR) is 93.4 cm³/mol. The van der Waals surface area contributed by atoms with Crippen LogP contribution < -0.4 is 9.64 Å². The normalized spacial score (nSPS) is 18.0. The second kappa shape index (κ2) is 7.06. The Morgan fingerprint density at radius 3 is 2.64 bits per heavy atom. The van der Waals surface area contributed by atoms with Crippen LogP contribution in [0.3, 0.4) is 0 Å². The lowest BCUT2D eigenvalue weighted by molar-refractivity contribution is 0.214. The summed E-state index contributed by atoms with van der Waals surface area (Å²) in [4.78, 5) is 6.62. The second-order valence-corrected chi connectivity index (χ2v) is 6.83. The van der Waals surface area contributed by atoms with E-state index in [0.717, 1.165) is 37.4 Å². The van der Waals surface area contributed by atoms with Crippen LogP contribution in [0.5, 0.6) is 5.88 Å². The van der Waals surface area contributed by atoms with Gasteiger partial charge in [-0.05, 0) is 49.8 Å². The van der Waals surface area contributed by atoms with Crippen LogP contribution in [-0.2, 0) is 0 Å². The van der Waals surface area contributed by atoms with Crippen molar-refractivity contribution in [2.45, 2.75) is 31.6 Å². The number of piperidine rings is 1. The van der Waals surface area contributed by atoms with E-state index in [1.807, 2.05) is 18.2 Å². The Hall–Kier alpha value is -2.68. The third-order valence-electron chi connectivity index (χ3n) is 4.94. The molecular formula is C19H21N5O. The lowest BCUT2D eigenvalue weighted by Crippen LogP contribution is -2.36. The zero-order chi connectivity index (χ0) is 17.1. The van der Waals surface area contributed by atoms with Crippen LogP contribution in [0.15, 0.2) is 30.5 Å². The number of hydrogen-bond donors (Lipinski definition) is 0. The van der Waals surface area contributed by atoms with Gasteiger partial charge >= 0.3 is 0 Å². The Morgan fingerprint density at radius 2 is 1.96 bits per heavy atom. The zero-order valence-corrected chi connectivity index (χ0v) is 14.1. The third kappa shape index (κ3) is 3.87. The monoisotopic (exact) mass is 335 g/mol. The van der Waals surface area contributed by atoms with Crippen LogP contribution in [0.4, 0.5) is 5.82 Å². The molecule has 0 unspecified atom stereocenters. The minimum absolute atomic E-state index is 0.514. The van der Waals surface area contributed by atoms with Crippen molar-refractivity contribution in [1.82, 2.24) is 15.2 Å². The first-order valence-corrected chi connectivity index (χ1v) is 8.89. The third-order valence-corrected chi connectivity index (χ3v) is 4.94. The highest BCUT2D eigenvalue weighted by molar-refractivity contribution is 5.45. The number of rotatable bonds is 5. The van der Waals surface area contributed by atoms with Crippen LogP contribution >= 0.6 is 0 Å². The first-order valence-electron chi connectivity index (χ1n) is 8.89. The van der Waals surface area contributed by atoms with Crippen molar-refractivity contribution in [1.29, 1.82) is 5.26 Å². The molecule has 128 valence electrons. The Labute approximate surface area is 147 Å². The summed E-state index contributed by atoms with van der Waals surface area (Å²) in [5.74, 6) is 2.65. The van der Waals surface area contributed by atoms with Crippen LogP contribution in [0.2, 0.25) is 0 Å². The van der Waals surface area contributed by atoms with Gasteiger partial charge < -0.3 is 9.64 Å². The van der Waals surface area contributed by atoms with E-state index in [4.69, 9.17) is 10.00 Å². The first kappa shape index (κ1) is 15.8. The molecule has 0 N–H and O–H groups in total. The largest absolute Gasteiger partial charge is 0.476 e. The van der Waals surface area contributed by atoms with Gasteiger partial charge in [0.05, 0.1) is 23.9 Å². The molecule has 0 spiro atoms. The van der Waals surface area contributed by atoms with Gasteiger partial charge in [0.15, 0.2) is 0 Å². The highest BCUT2D eigenvalue weighted by Gasteiger charge is 2.25. The maximum Gasteiger partial charge on any atom is 0.233 e. The summed E-state index contributed by atoms with van der Waals surface area (Å²) in [6.07, 6.45) is 6.27. The first-order chi connectivity index (χ1) is 12.3. The minimum atomic E-state index is 0.514. The Balaban J connectivity index is 1.26. The Bertz CT molecular complexity index is 758. The molecule has 0 amide bonds. The fraction of sp³-hybridized carbons (Fsp3) is 0.474. The standard InChI is InChI=1S/C19H21N5O/c20-12-15-5-8-21-18(11-15)24-9-6-14(7-10-24)13-25-19-4-3-17(22-23-19)16-1-2-16/h3-5,8,11,14,16H,1-2,6-7,9-10,13H2. The molecular weight excluding hydrogens is 314 g/mol. The smallest absolute Gasteiger partial charge is 0.233 e. The molecule has 1 aliphatic heterocycles. The Kier molecular flexibility index (Phi) is 4.47. The number of pyridine rings is 1. The number of aromatic nitrogens is 3. The second-order valence-electron chi connectivity index (χ2n) is 6.83. The highest BCUT2D eigenvalue weighted by Crippen LogP contribution is 2.38. The van der Waals surface area contributed by atoms with Crippen LogP contribution in [0.25, 0.3) is 0 Å². The molecule has 2 aliphatic rings. The number of anilines is 1. The van der Waals surface area contributed by atoms with Gasteiger partial charge in [0.1, 0.15) is 5.82 Å². The van der Waals surface area contributed by atoms with Gasteiger partial charge in [0, 0.05) is 31.3 Å². The molecule has 1 saturated carbocycles. The number of hydrogen-bond acceptors (Lipinski definition) is 6. The van der Waals surface area contributed by atoms with Crippen molar-refractivity contribution in [2.24, 2.45) is 5.92 Å². The van der Waals surface area contributed by atoms with Crippen LogP contribution in [0.1, 0.15) is 42.9 Å². The fourth-order valence-electron chi connectivity index (χ4n) is 3.20. The van der Waals surface area contributed by atoms with E-state index in [1.165, 1.54) is 12.8 Å². The van der Waals surface area contributed by atoms with E-state index < -0.39 is 0 Å². The molecule has 0 atom stereocenters. The van der Waals surface area contributed by atoms with Crippen molar-refractivity contribution in [3.8, 4) is 11.9 Å². The summed E-state index contributed by atoms with van der Waals surface area (Å²) >= 11 is 0. The van der Waals surface area contributed by atoms with E-state index in [9.17, 15) is 0 Å². The average molecular weight is 335 g/mol. The number of ether oxygens (including phenoxy) is 1. The summed E-state index contributed by atoms with van der Waals surface area (Å²) in [6, 6.07) is 9.74. The van der Waals surface area contributed by atoms with Gasteiger partial charge in [-0.25, -0.2) is 4.98 Å². The molecule has 2 aromatic rings. The molecule has 1 aliphatic carbocycles. The fourth-order valence-corrected chi connectivity index (χ4v) is 3.20. The molecule has 3 heterocycles. The van der Waals surface area contributed by atoms with E-state index in [0.29, 0.717) is 29.9 Å². The van der Waals surface area contributed by atoms with Gasteiger partial charge in [-0.1, -0.05) is 0 Å². The van der Waals surface area contributed by atoms with E-state index in [-0.39, 0.29) is 0 Å². The molecule has 0 bridgehead atoms. The predicted octanol–water partition coefficient (Wildman–Crippen LogP) is 2.92. The molecule has 0 aromatic carbocycles. The van der Waals surface area contributed by atoms with Gasteiger partial charge in [-0.2, -0.15) is 10.4 Å². The molecule has 25 heavy (non-hydrogen) atoms. The van der Waals surface area contributed by atoms with Crippen molar-refractivity contribution >= 4 is 5.82 Å². The molecule has 2 fully saturated rings. The van der Waals surface area contributed by atoms with Crippen molar-refractivity contribution in [3.63, 3.8) is 0 Å². The van der Waals surface area contributed by atoms with Gasteiger partial charge in [-0.15, -0.1) is 5.10 Å². The molecule has 6 heteroatoms. The van der Waals surface area contributed by atoms with E-state index in [2.05, 4.69) is 26.2 Å². The van der Waals surface area contributed by atoms with Gasteiger partial charge in [0.25, 0.3) is 0 Å². The molecule has 1 saturated heterocycles. The van der Waals surface area contributed by atoms with Crippen molar-refractivity contribution in [2.75, 3.05) is 24.6 Å². The maximum atomic E-state index is 9.01. The molecule has 2 aromatic heterocycles. The highest BCUT2D eigenvalue weighted by atomic mass is 16.5. The maximum absolute atomic E-state index is 9.01. The zero-order valence-electron chi connectivity index (χ0n) is 14.1. The van der Waals surface area contributed by atoms with Gasteiger partial charge in [-0.3, -0.25) is 0 Å². The lowest BCUT2D eigenvalue weighted by atomic mass is 9.98. The average Bonchev–Trinajstić information content (AvgIpc) is 3.52. The quantitative estimate of drug-likeness (QED) is 0.836. The lowest BCUT2D eigenvalue weighted by Gasteiger charge is -2.32. The number of nitriles is 1. The number of nitrogens with zero attached hydrogens (tertiary/aromatic N) is 5. The summed E-state index contributed by atoms with van der Waals surface area (Å²) in [6.45, 7) is 2.54. The summed E-state index contributed by atoms with van der Waals surface area (Å²) in [5, 5.41) is 17.4. The van der Waals surface area contributed by atoms with Crippen LogP contribution in [-0.4, -0.2) is 34.9 Å². The van der Waals surface area contributed by atoms with Crippen molar-refractivity contribution < 1.29 is 4.74 Å². The SMILES string of the molecule is N#Cc1ccnc(N2CCC(COc3ccc(C4CC4)nn3)CC2)c1.